The number of carboxylic acid groups (broad SMARTS) is 1. The molecular formula is C14H16N2O2. The second-order valence-electron chi connectivity index (χ2n) is 4.46. The molecule has 0 aliphatic carbocycles. The lowest BCUT2D eigenvalue weighted by Gasteiger charge is -2.08. The van der Waals surface area contributed by atoms with Crippen LogP contribution in [-0.4, -0.2) is 20.6 Å². The zero-order valence-electron chi connectivity index (χ0n) is 10.6. The van der Waals surface area contributed by atoms with E-state index in [9.17, 15) is 4.79 Å². The summed E-state index contributed by atoms with van der Waals surface area (Å²) in [5.74, 6) is -0.830. The van der Waals surface area contributed by atoms with Crippen molar-refractivity contribution in [3.05, 3.63) is 53.1 Å². The largest absolute Gasteiger partial charge is 0.481 e. The maximum Gasteiger partial charge on any atom is 0.309 e. The van der Waals surface area contributed by atoms with Crippen molar-refractivity contribution in [1.82, 2.24) is 9.55 Å². The van der Waals surface area contributed by atoms with Gasteiger partial charge < -0.3 is 9.67 Å². The number of nitrogens with zero attached hydrogens (tertiary/aromatic N) is 2. The smallest absolute Gasteiger partial charge is 0.309 e. The monoisotopic (exact) mass is 244 g/mol. The summed E-state index contributed by atoms with van der Waals surface area (Å²) >= 11 is 0. The van der Waals surface area contributed by atoms with E-state index in [4.69, 9.17) is 5.11 Å². The molecule has 0 amide bonds. The molecule has 1 aromatic heterocycles. The number of aromatic nitrogens is 2. The Kier molecular flexibility index (Phi) is 3.46. The molecule has 1 N–H and O–H groups in total. The summed E-state index contributed by atoms with van der Waals surface area (Å²) < 4.78 is 1.90. The van der Waals surface area contributed by atoms with Gasteiger partial charge in [-0.1, -0.05) is 29.8 Å². The highest BCUT2D eigenvalue weighted by Gasteiger charge is 2.11. The van der Waals surface area contributed by atoms with Gasteiger partial charge in [0.2, 0.25) is 0 Å². The van der Waals surface area contributed by atoms with Crippen LogP contribution in [-0.2, 0) is 17.8 Å². The molecule has 1 heterocycles. The average Bonchev–Trinajstić information content (AvgIpc) is 2.61. The number of imidazole rings is 1. The molecule has 0 spiro atoms. The van der Waals surface area contributed by atoms with E-state index in [-0.39, 0.29) is 6.42 Å². The zero-order chi connectivity index (χ0) is 13.1. The van der Waals surface area contributed by atoms with Crippen LogP contribution in [0.2, 0.25) is 0 Å². The Hall–Kier alpha value is -2.10. The zero-order valence-corrected chi connectivity index (χ0v) is 10.6. The lowest BCUT2D eigenvalue weighted by molar-refractivity contribution is -0.136. The molecule has 0 saturated heterocycles. The highest BCUT2D eigenvalue weighted by atomic mass is 16.4. The summed E-state index contributed by atoms with van der Waals surface area (Å²) in [6.45, 7) is 4.54. The third kappa shape index (κ3) is 2.77. The molecule has 0 unspecified atom stereocenters. The van der Waals surface area contributed by atoms with E-state index in [0.717, 1.165) is 17.0 Å². The fourth-order valence-electron chi connectivity index (χ4n) is 2.02. The number of hydrogen-bond donors (Lipinski definition) is 1. The van der Waals surface area contributed by atoms with Crippen molar-refractivity contribution in [2.45, 2.75) is 26.8 Å². The minimum atomic E-state index is -0.830. The molecule has 0 fully saturated rings. The van der Waals surface area contributed by atoms with E-state index in [1.807, 2.05) is 36.6 Å². The highest BCUT2D eigenvalue weighted by Crippen LogP contribution is 2.12. The van der Waals surface area contributed by atoms with Crippen molar-refractivity contribution in [2.75, 3.05) is 0 Å². The molecule has 4 nitrogen and oxygen atoms in total. The molecule has 0 aliphatic rings. The average molecular weight is 244 g/mol. The predicted molar refractivity (Wildman–Crippen MR) is 68.6 cm³/mol. The molecule has 4 heteroatoms. The SMILES string of the molecule is Cc1cccc(Cn2cnc(C)c2CC(=O)O)c1. The Balaban J connectivity index is 2.26. The number of benzene rings is 1. The number of carbonyl (C=O) groups is 1. The summed E-state index contributed by atoms with van der Waals surface area (Å²) in [7, 11) is 0. The van der Waals surface area contributed by atoms with E-state index < -0.39 is 5.97 Å². The molecule has 2 rings (SSSR count). The Morgan fingerprint density at radius 3 is 2.83 bits per heavy atom. The third-order valence-electron chi connectivity index (χ3n) is 2.91. The van der Waals surface area contributed by atoms with Crippen LogP contribution in [0.4, 0.5) is 0 Å². The second-order valence-corrected chi connectivity index (χ2v) is 4.46. The lowest BCUT2D eigenvalue weighted by atomic mass is 10.1. The van der Waals surface area contributed by atoms with Crippen molar-refractivity contribution in [2.24, 2.45) is 0 Å². The van der Waals surface area contributed by atoms with E-state index in [0.29, 0.717) is 6.54 Å². The Morgan fingerprint density at radius 2 is 2.17 bits per heavy atom. The van der Waals surface area contributed by atoms with Gasteiger partial charge in [0.05, 0.1) is 24.1 Å². The number of aryl methyl sites for hydroxylation is 2. The van der Waals surface area contributed by atoms with Gasteiger partial charge in [0, 0.05) is 6.54 Å². The van der Waals surface area contributed by atoms with E-state index in [1.54, 1.807) is 6.33 Å². The van der Waals surface area contributed by atoms with Crippen LogP contribution in [0, 0.1) is 13.8 Å². The van der Waals surface area contributed by atoms with Crippen LogP contribution in [0.3, 0.4) is 0 Å². The number of aliphatic carboxylic acids is 1. The van der Waals surface area contributed by atoms with E-state index in [1.165, 1.54) is 5.56 Å². The first-order valence-corrected chi connectivity index (χ1v) is 5.84. The minimum Gasteiger partial charge on any atom is -0.481 e. The molecular weight excluding hydrogens is 228 g/mol. The van der Waals surface area contributed by atoms with Crippen LogP contribution >= 0.6 is 0 Å². The van der Waals surface area contributed by atoms with Crippen LogP contribution in [0.15, 0.2) is 30.6 Å². The molecule has 0 saturated carbocycles. The third-order valence-corrected chi connectivity index (χ3v) is 2.91. The van der Waals surface area contributed by atoms with Crippen molar-refractivity contribution in [3.63, 3.8) is 0 Å². The highest BCUT2D eigenvalue weighted by molar-refractivity contribution is 5.69. The first-order valence-electron chi connectivity index (χ1n) is 5.84. The Labute approximate surface area is 106 Å². The molecule has 0 atom stereocenters. The van der Waals surface area contributed by atoms with Gasteiger partial charge in [-0.15, -0.1) is 0 Å². The van der Waals surface area contributed by atoms with Gasteiger partial charge in [-0.2, -0.15) is 0 Å². The number of hydrogen-bond acceptors (Lipinski definition) is 2. The van der Waals surface area contributed by atoms with E-state index in [2.05, 4.69) is 11.1 Å². The predicted octanol–water partition coefficient (Wildman–Crippen LogP) is 2.18. The molecule has 0 radical (unpaired) electrons. The van der Waals surface area contributed by atoms with Gasteiger partial charge in [0.15, 0.2) is 0 Å². The van der Waals surface area contributed by atoms with Crippen LogP contribution < -0.4 is 0 Å². The van der Waals surface area contributed by atoms with Crippen LogP contribution in [0.1, 0.15) is 22.5 Å². The maximum absolute atomic E-state index is 10.8. The van der Waals surface area contributed by atoms with Crippen LogP contribution in [0.5, 0.6) is 0 Å². The van der Waals surface area contributed by atoms with Crippen LogP contribution in [0.25, 0.3) is 0 Å². The molecule has 94 valence electrons. The molecule has 0 bridgehead atoms. The lowest BCUT2D eigenvalue weighted by Crippen LogP contribution is -2.09. The van der Waals surface area contributed by atoms with Crippen molar-refractivity contribution >= 4 is 5.97 Å². The summed E-state index contributed by atoms with van der Waals surface area (Å²) in [6, 6.07) is 8.18. The van der Waals surface area contributed by atoms with Gasteiger partial charge in [0.1, 0.15) is 0 Å². The fraction of sp³-hybridized carbons (Fsp3) is 0.286. The van der Waals surface area contributed by atoms with Gasteiger partial charge >= 0.3 is 5.97 Å². The maximum atomic E-state index is 10.8. The fourth-order valence-corrected chi connectivity index (χ4v) is 2.02. The quantitative estimate of drug-likeness (QED) is 0.896. The minimum absolute atomic E-state index is 0.0116. The van der Waals surface area contributed by atoms with Crippen molar-refractivity contribution in [3.8, 4) is 0 Å². The normalized spacial score (nSPS) is 10.6. The Bertz CT molecular complexity index is 573. The second kappa shape index (κ2) is 5.04. The first-order chi connectivity index (χ1) is 8.56. The molecule has 18 heavy (non-hydrogen) atoms. The van der Waals surface area contributed by atoms with Crippen molar-refractivity contribution in [1.29, 1.82) is 0 Å². The molecule has 1 aromatic carbocycles. The Morgan fingerprint density at radius 1 is 1.39 bits per heavy atom. The van der Waals surface area contributed by atoms with Crippen molar-refractivity contribution < 1.29 is 9.90 Å². The van der Waals surface area contributed by atoms with Gasteiger partial charge in [-0.25, -0.2) is 4.98 Å². The topological polar surface area (TPSA) is 55.1 Å². The summed E-state index contributed by atoms with van der Waals surface area (Å²) in [5, 5.41) is 8.90. The summed E-state index contributed by atoms with van der Waals surface area (Å²) in [6.07, 6.45) is 1.72. The summed E-state index contributed by atoms with van der Waals surface area (Å²) in [4.78, 5) is 15.0. The van der Waals surface area contributed by atoms with Gasteiger partial charge in [-0.05, 0) is 19.4 Å². The van der Waals surface area contributed by atoms with Gasteiger partial charge in [-0.3, -0.25) is 4.79 Å². The number of carboxylic acids is 1. The summed E-state index contributed by atoms with van der Waals surface area (Å²) in [5.41, 5.74) is 3.90. The van der Waals surface area contributed by atoms with E-state index >= 15 is 0 Å². The molecule has 2 aromatic rings. The standard InChI is InChI=1S/C14H16N2O2/c1-10-4-3-5-12(6-10)8-16-9-15-11(2)13(16)7-14(17)18/h3-6,9H,7-8H2,1-2H3,(H,17,18). The first kappa shape index (κ1) is 12.4. The van der Waals surface area contributed by atoms with Gasteiger partial charge in [0.25, 0.3) is 0 Å². The molecule has 0 aliphatic heterocycles. The number of rotatable bonds is 4.